The molecule has 0 radical (unpaired) electrons. The molecule has 4 rings (SSSR count). The first-order valence-electron chi connectivity index (χ1n) is 12.5. The fraction of sp³-hybridized carbons (Fsp3) is 0.531. The number of pyridine rings is 1. The van der Waals surface area contributed by atoms with E-state index in [0.717, 1.165) is 38.2 Å². The highest BCUT2D eigenvalue weighted by atomic mass is 15.3. The van der Waals surface area contributed by atoms with E-state index in [4.69, 9.17) is 0 Å². The minimum absolute atomic E-state index is 0. The summed E-state index contributed by atoms with van der Waals surface area (Å²) in [5.41, 5.74) is 5.10. The van der Waals surface area contributed by atoms with Gasteiger partial charge in [-0.05, 0) is 44.7 Å². The largest absolute Gasteiger partial charge is 0.368 e. The lowest BCUT2D eigenvalue weighted by molar-refractivity contribution is 0.271. The van der Waals surface area contributed by atoms with Crippen molar-refractivity contribution in [1.82, 2.24) is 9.88 Å². The number of rotatable bonds is 2. The molecule has 2 heterocycles. The van der Waals surface area contributed by atoms with E-state index < -0.39 is 0 Å². The minimum Gasteiger partial charge on any atom is -0.368 e. The molecule has 2 aromatic carbocycles. The van der Waals surface area contributed by atoms with Crippen LogP contribution >= 0.6 is 0 Å². The van der Waals surface area contributed by atoms with Crippen LogP contribution in [0, 0.1) is 13.8 Å². The van der Waals surface area contributed by atoms with Crippen LogP contribution in [0.4, 0.5) is 5.69 Å². The van der Waals surface area contributed by atoms with E-state index in [1.165, 1.54) is 22.2 Å². The van der Waals surface area contributed by atoms with Gasteiger partial charge in [-0.2, -0.15) is 0 Å². The molecule has 3 aromatic rings. The lowest BCUT2D eigenvalue weighted by Gasteiger charge is -2.36. The summed E-state index contributed by atoms with van der Waals surface area (Å²) >= 11 is 0. The van der Waals surface area contributed by atoms with Crippen molar-refractivity contribution in [2.75, 3.05) is 37.6 Å². The van der Waals surface area contributed by atoms with E-state index in [-0.39, 0.29) is 22.3 Å². The van der Waals surface area contributed by atoms with Crippen LogP contribution in [0.15, 0.2) is 60.8 Å². The van der Waals surface area contributed by atoms with Crippen molar-refractivity contribution in [1.29, 1.82) is 0 Å². The zero-order chi connectivity index (χ0) is 24.4. The highest BCUT2D eigenvalue weighted by Crippen LogP contribution is 2.26. The van der Waals surface area contributed by atoms with Crippen LogP contribution in [-0.2, 0) is 0 Å². The van der Waals surface area contributed by atoms with Gasteiger partial charge >= 0.3 is 0 Å². The Balaban J connectivity index is -0.000000242. The van der Waals surface area contributed by atoms with Crippen molar-refractivity contribution in [3.63, 3.8) is 0 Å². The quantitative estimate of drug-likeness (QED) is 0.360. The SMILES string of the molecule is C.C.C.CC.CC.CC.CCN1CCN(c2cccc3ncccc23)CC1.Cc1cccc(C)c1. The van der Waals surface area contributed by atoms with Gasteiger partial charge in [-0.1, -0.05) is 112 Å². The van der Waals surface area contributed by atoms with Gasteiger partial charge in [0.15, 0.2) is 0 Å². The molecule has 35 heavy (non-hydrogen) atoms. The summed E-state index contributed by atoms with van der Waals surface area (Å²) in [5.74, 6) is 0. The molecule has 0 saturated carbocycles. The van der Waals surface area contributed by atoms with Crippen molar-refractivity contribution < 1.29 is 0 Å². The summed E-state index contributed by atoms with van der Waals surface area (Å²) in [6.07, 6.45) is 1.86. The Morgan fingerprint density at radius 2 is 1.20 bits per heavy atom. The number of hydrogen-bond acceptors (Lipinski definition) is 3. The van der Waals surface area contributed by atoms with Gasteiger partial charge in [0.05, 0.1) is 5.52 Å². The average molecular weight is 486 g/mol. The molecule has 1 saturated heterocycles. The summed E-state index contributed by atoms with van der Waals surface area (Å²) in [6.45, 7) is 24.1. The molecule has 1 aliphatic rings. The van der Waals surface area contributed by atoms with Crippen LogP contribution < -0.4 is 4.90 Å². The van der Waals surface area contributed by atoms with Gasteiger partial charge < -0.3 is 9.80 Å². The fourth-order valence-electron chi connectivity index (χ4n) is 3.47. The maximum atomic E-state index is 4.43. The number of benzene rings is 2. The maximum absolute atomic E-state index is 4.43. The van der Waals surface area contributed by atoms with E-state index in [1.54, 1.807) is 0 Å². The fourth-order valence-corrected chi connectivity index (χ4v) is 3.47. The third kappa shape index (κ3) is 13.9. The van der Waals surface area contributed by atoms with Gasteiger partial charge in [-0.3, -0.25) is 4.98 Å². The number of piperazine rings is 1. The molecule has 0 atom stereocenters. The molecular formula is C32H59N3. The van der Waals surface area contributed by atoms with Gasteiger partial charge in [-0.25, -0.2) is 0 Å². The van der Waals surface area contributed by atoms with E-state index in [1.807, 2.05) is 53.8 Å². The summed E-state index contributed by atoms with van der Waals surface area (Å²) in [6, 6.07) is 19.0. The van der Waals surface area contributed by atoms with Crippen molar-refractivity contribution in [3.05, 3.63) is 71.9 Å². The molecule has 0 spiro atoms. The third-order valence-electron chi connectivity index (χ3n) is 4.96. The summed E-state index contributed by atoms with van der Waals surface area (Å²) in [5, 5.41) is 1.27. The van der Waals surface area contributed by atoms with E-state index >= 15 is 0 Å². The Hall–Kier alpha value is -2.39. The first-order chi connectivity index (χ1) is 15.7. The topological polar surface area (TPSA) is 19.4 Å². The standard InChI is InChI=1S/C15H19N3.C8H10.3C2H6.3CH4/c1-2-17-9-11-18(12-10-17)15-7-3-6-14-13(15)5-4-8-16-14;1-7-4-3-5-8(2)6-7;3*1-2;;;/h3-8H,2,9-12H2,1H3;3-6H,1-2H3;3*1-2H3;3*1H4. The van der Waals surface area contributed by atoms with Crippen molar-refractivity contribution in [2.45, 2.75) is 84.6 Å². The molecular weight excluding hydrogens is 426 g/mol. The first kappa shape index (κ1) is 39.8. The molecule has 3 nitrogen and oxygen atoms in total. The van der Waals surface area contributed by atoms with Gasteiger partial charge in [0.25, 0.3) is 0 Å². The van der Waals surface area contributed by atoms with E-state index in [9.17, 15) is 0 Å². The summed E-state index contributed by atoms with van der Waals surface area (Å²) in [7, 11) is 0. The molecule has 1 aromatic heterocycles. The monoisotopic (exact) mass is 485 g/mol. The Morgan fingerprint density at radius 3 is 1.66 bits per heavy atom. The number of aromatic nitrogens is 1. The highest BCUT2D eigenvalue weighted by Gasteiger charge is 2.17. The smallest absolute Gasteiger partial charge is 0.0722 e. The van der Waals surface area contributed by atoms with Crippen LogP contribution in [0.5, 0.6) is 0 Å². The molecule has 1 aliphatic heterocycles. The molecule has 1 fully saturated rings. The predicted octanol–water partition coefficient (Wildman–Crippen LogP) is 9.67. The zero-order valence-electron chi connectivity index (χ0n) is 22.2. The maximum Gasteiger partial charge on any atom is 0.0722 e. The van der Waals surface area contributed by atoms with Crippen LogP contribution in [0.3, 0.4) is 0 Å². The number of hydrogen-bond donors (Lipinski definition) is 0. The zero-order valence-corrected chi connectivity index (χ0v) is 22.2. The van der Waals surface area contributed by atoms with Crippen molar-refractivity contribution in [3.8, 4) is 0 Å². The Bertz CT molecular complexity index is 814. The second-order valence-electron chi connectivity index (χ2n) is 6.93. The third-order valence-corrected chi connectivity index (χ3v) is 4.96. The number of nitrogens with zero attached hydrogens (tertiary/aromatic N) is 3. The van der Waals surface area contributed by atoms with Gasteiger partial charge in [0.1, 0.15) is 0 Å². The van der Waals surface area contributed by atoms with Crippen molar-refractivity contribution in [2.24, 2.45) is 0 Å². The van der Waals surface area contributed by atoms with E-state index in [2.05, 4.69) is 84.1 Å². The highest BCUT2D eigenvalue weighted by molar-refractivity contribution is 5.91. The Labute approximate surface area is 220 Å². The molecule has 0 unspecified atom stereocenters. The van der Waals surface area contributed by atoms with Crippen LogP contribution in [0.25, 0.3) is 10.9 Å². The average Bonchev–Trinajstić information content (AvgIpc) is 2.88. The summed E-state index contributed by atoms with van der Waals surface area (Å²) in [4.78, 5) is 9.41. The number of aryl methyl sites for hydroxylation is 2. The van der Waals surface area contributed by atoms with Gasteiger partial charge in [0.2, 0.25) is 0 Å². The Morgan fingerprint density at radius 1 is 0.686 bits per heavy atom. The Kier molecular flexibility index (Phi) is 28.1. The van der Waals surface area contributed by atoms with Crippen molar-refractivity contribution >= 4 is 16.6 Å². The normalized spacial score (nSPS) is 11.5. The molecule has 0 N–H and O–H groups in total. The first-order valence-corrected chi connectivity index (χ1v) is 12.5. The number of likely N-dealkylation sites (N-methyl/N-ethyl adjacent to an activating group) is 1. The lowest BCUT2D eigenvalue weighted by Crippen LogP contribution is -2.46. The second-order valence-corrected chi connectivity index (χ2v) is 6.93. The van der Waals surface area contributed by atoms with Crippen LogP contribution in [0.2, 0.25) is 0 Å². The molecule has 0 aliphatic carbocycles. The number of anilines is 1. The van der Waals surface area contributed by atoms with Gasteiger partial charge in [-0.15, -0.1) is 0 Å². The molecule has 202 valence electrons. The molecule has 0 amide bonds. The molecule has 3 heteroatoms. The number of fused-ring (bicyclic) bond motifs is 1. The lowest BCUT2D eigenvalue weighted by atomic mass is 10.1. The summed E-state index contributed by atoms with van der Waals surface area (Å²) < 4.78 is 0. The predicted molar refractivity (Wildman–Crippen MR) is 166 cm³/mol. The van der Waals surface area contributed by atoms with E-state index in [0.29, 0.717) is 0 Å². The second kappa shape index (κ2) is 24.7. The van der Waals surface area contributed by atoms with Crippen LogP contribution in [0.1, 0.15) is 81.9 Å². The molecule has 0 bridgehead atoms. The van der Waals surface area contributed by atoms with Gasteiger partial charge in [0, 0.05) is 43.4 Å². The minimum atomic E-state index is 0. The van der Waals surface area contributed by atoms with Crippen LogP contribution in [-0.4, -0.2) is 42.6 Å².